The van der Waals surface area contributed by atoms with Gasteiger partial charge in [0.25, 0.3) is 0 Å². The average Bonchev–Trinajstić information content (AvgIpc) is 3.07. The first-order valence-electron chi connectivity index (χ1n) is 8.76. The van der Waals surface area contributed by atoms with E-state index in [1.807, 2.05) is 0 Å². The first kappa shape index (κ1) is 20.1. The lowest BCUT2D eigenvalue weighted by atomic mass is 9.77. The second kappa shape index (κ2) is 7.77. The second-order valence-electron chi connectivity index (χ2n) is 6.89. The predicted molar refractivity (Wildman–Crippen MR) is 92.6 cm³/mol. The summed E-state index contributed by atoms with van der Waals surface area (Å²) in [6, 6.07) is 1.51. The molecule has 0 spiro atoms. The van der Waals surface area contributed by atoms with Gasteiger partial charge in [-0.1, -0.05) is 0 Å². The van der Waals surface area contributed by atoms with Gasteiger partial charge in [-0.25, -0.2) is 22.4 Å². The number of halogens is 4. The molecule has 0 bridgehead atoms. The number of benzene rings is 1. The molecule has 1 aromatic rings. The number of esters is 1. The lowest BCUT2D eigenvalue weighted by Crippen LogP contribution is -2.30. The molecule has 3 rings (SSSR count). The zero-order chi connectivity index (χ0) is 20.6. The van der Waals surface area contributed by atoms with Crippen LogP contribution >= 0.6 is 0 Å². The van der Waals surface area contributed by atoms with E-state index in [2.05, 4.69) is 5.32 Å². The number of carbonyl (C=O) groups excluding carboxylic acids is 2. The van der Waals surface area contributed by atoms with Crippen molar-refractivity contribution >= 4 is 12.3 Å². The highest BCUT2D eigenvalue weighted by molar-refractivity contribution is 5.93. The molecule has 0 fully saturated rings. The monoisotopic (exact) mass is 397 g/mol. The molecule has 0 aromatic heterocycles. The van der Waals surface area contributed by atoms with E-state index in [0.717, 1.165) is 26.4 Å². The number of hydrogen-bond donors (Lipinski definition) is 1. The molecule has 2 aliphatic rings. The molecule has 1 aliphatic carbocycles. The first-order valence-corrected chi connectivity index (χ1v) is 8.76. The maximum absolute atomic E-state index is 14.4. The highest BCUT2D eigenvalue weighted by atomic mass is 19.1. The molecule has 1 aliphatic heterocycles. The lowest BCUT2D eigenvalue weighted by Gasteiger charge is -2.31. The number of methoxy groups -OCH3 is 1. The Morgan fingerprint density at radius 1 is 1.36 bits per heavy atom. The number of ether oxygens (including phenoxy) is 1. The number of aldehydes is 1. The van der Waals surface area contributed by atoms with Crippen LogP contribution in [0.15, 0.2) is 34.7 Å². The number of dihydropyridines is 1. The van der Waals surface area contributed by atoms with Crippen LogP contribution in [0.5, 0.6) is 0 Å². The summed E-state index contributed by atoms with van der Waals surface area (Å²) < 4.78 is 61.2. The fourth-order valence-electron chi connectivity index (χ4n) is 4.05. The van der Waals surface area contributed by atoms with E-state index in [9.17, 15) is 27.2 Å². The minimum absolute atomic E-state index is 0.112. The Balaban J connectivity index is 2.29. The Kier molecular flexibility index (Phi) is 5.58. The van der Waals surface area contributed by atoms with Crippen LogP contribution in [0.4, 0.5) is 17.6 Å². The molecule has 0 radical (unpaired) electrons. The van der Waals surface area contributed by atoms with E-state index in [0.29, 0.717) is 17.3 Å². The Morgan fingerprint density at radius 2 is 2.07 bits per heavy atom. The SMILES string of the molecule is COC(=O)C1=C(CF)NC2=C(CC(C=O)C2)[C@@H]1c1cc(F)cc(F)c1[C@H](C)F. The molecule has 28 heavy (non-hydrogen) atoms. The van der Waals surface area contributed by atoms with E-state index in [4.69, 9.17) is 4.74 Å². The third-order valence-corrected chi connectivity index (χ3v) is 5.17. The zero-order valence-electron chi connectivity index (χ0n) is 15.3. The highest BCUT2D eigenvalue weighted by Gasteiger charge is 2.41. The van der Waals surface area contributed by atoms with Crippen molar-refractivity contribution < 1.29 is 31.9 Å². The molecule has 1 unspecified atom stereocenters. The summed E-state index contributed by atoms with van der Waals surface area (Å²) in [5, 5.41) is 2.82. The summed E-state index contributed by atoms with van der Waals surface area (Å²) in [4.78, 5) is 23.7. The fraction of sp³-hybridized carbons (Fsp3) is 0.400. The molecule has 4 nitrogen and oxygen atoms in total. The van der Waals surface area contributed by atoms with Crippen LogP contribution < -0.4 is 5.32 Å². The average molecular weight is 397 g/mol. The van der Waals surface area contributed by atoms with Gasteiger partial charge in [-0.3, -0.25) is 0 Å². The largest absolute Gasteiger partial charge is 0.466 e. The maximum atomic E-state index is 14.4. The van der Waals surface area contributed by atoms with Crippen molar-refractivity contribution in [2.24, 2.45) is 5.92 Å². The van der Waals surface area contributed by atoms with Crippen molar-refractivity contribution in [3.8, 4) is 0 Å². The number of rotatable bonds is 5. The van der Waals surface area contributed by atoms with E-state index < -0.39 is 47.8 Å². The molecular weight excluding hydrogens is 378 g/mol. The Hall–Kier alpha value is -2.64. The standard InChI is InChI=1S/C20H19F4NO3/c1-9(22)17-13(5-11(23)6-14(17)24)18-12-3-10(8-26)4-15(12)25-16(7-21)19(18)20(27)28-2/h5-6,8-10,18,25H,3-4,7H2,1-2H3/t9-,10?,18+/m0/s1. The minimum atomic E-state index is -1.80. The molecule has 3 atom stereocenters. The molecule has 150 valence electrons. The van der Waals surface area contributed by atoms with Crippen LogP contribution in [0.2, 0.25) is 0 Å². The van der Waals surface area contributed by atoms with Gasteiger partial charge in [-0.05, 0) is 37.0 Å². The van der Waals surface area contributed by atoms with E-state index >= 15 is 0 Å². The van der Waals surface area contributed by atoms with Gasteiger partial charge in [0, 0.05) is 29.2 Å². The quantitative estimate of drug-likeness (QED) is 0.465. The summed E-state index contributed by atoms with van der Waals surface area (Å²) in [6.07, 6.45) is -0.597. The Labute approximate surface area is 159 Å². The van der Waals surface area contributed by atoms with E-state index in [1.165, 1.54) is 0 Å². The van der Waals surface area contributed by atoms with Crippen molar-refractivity contribution in [2.45, 2.75) is 31.9 Å². The van der Waals surface area contributed by atoms with Crippen molar-refractivity contribution in [2.75, 3.05) is 13.8 Å². The van der Waals surface area contributed by atoms with Crippen LogP contribution in [-0.4, -0.2) is 26.0 Å². The molecule has 8 heteroatoms. The van der Waals surface area contributed by atoms with Gasteiger partial charge in [0.15, 0.2) is 0 Å². The number of nitrogens with one attached hydrogen (secondary N) is 1. The predicted octanol–water partition coefficient (Wildman–Crippen LogP) is 3.94. The van der Waals surface area contributed by atoms with Crippen LogP contribution in [0, 0.1) is 17.6 Å². The van der Waals surface area contributed by atoms with Gasteiger partial charge in [-0.2, -0.15) is 0 Å². The van der Waals surface area contributed by atoms with E-state index in [1.54, 1.807) is 0 Å². The molecule has 1 aromatic carbocycles. The minimum Gasteiger partial charge on any atom is -0.466 e. The summed E-state index contributed by atoms with van der Waals surface area (Å²) in [5.74, 6) is -4.48. The Bertz CT molecular complexity index is 892. The van der Waals surface area contributed by atoms with Crippen molar-refractivity contribution in [1.82, 2.24) is 5.32 Å². The molecule has 0 saturated heterocycles. The van der Waals surface area contributed by atoms with Crippen molar-refractivity contribution in [3.63, 3.8) is 0 Å². The Morgan fingerprint density at radius 3 is 2.64 bits per heavy atom. The summed E-state index contributed by atoms with van der Waals surface area (Å²) >= 11 is 0. The zero-order valence-corrected chi connectivity index (χ0v) is 15.3. The summed E-state index contributed by atoms with van der Waals surface area (Å²) in [5.41, 5.74) is 0.186. The van der Waals surface area contributed by atoms with E-state index in [-0.39, 0.29) is 29.7 Å². The number of hydrogen-bond acceptors (Lipinski definition) is 4. The third-order valence-electron chi connectivity index (χ3n) is 5.17. The van der Waals surface area contributed by atoms with Gasteiger partial charge in [-0.15, -0.1) is 0 Å². The summed E-state index contributed by atoms with van der Waals surface area (Å²) in [7, 11) is 1.10. The van der Waals surface area contributed by atoms with Crippen LogP contribution in [-0.2, 0) is 14.3 Å². The van der Waals surface area contributed by atoms with Gasteiger partial charge < -0.3 is 14.8 Å². The molecular formula is C20H19F4NO3. The van der Waals surface area contributed by atoms with Crippen molar-refractivity contribution in [3.05, 3.63) is 57.4 Å². The lowest BCUT2D eigenvalue weighted by molar-refractivity contribution is -0.136. The van der Waals surface area contributed by atoms with Crippen LogP contribution in [0.3, 0.4) is 0 Å². The maximum Gasteiger partial charge on any atom is 0.336 e. The van der Waals surface area contributed by atoms with Gasteiger partial charge >= 0.3 is 5.97 Å². The normalized spacial score (nSPS) is 22.6. The van der Waals surface area contributed by atoms with Crippen LogP contribution in [0.25, 0.3) is 0 Å². The smallest absolute Gasteiger partial charge is 0.336 e. The molecule has 1 N–H and O–H groups in total. The third kappa shape index (κ3) is 3.31. The van der Waals surface area contributed by atoms with Gasteiger partial charge in [0.05, 0.1) is 18.4 Å². The van der Waals surface area contributed by atoms with Crippen LogP contribution in [0.1, 0.15) is 43.0 Å². The molecule has 0 amide bonds. The molecule has 0 saturated carbocycles. The summed E-state index contributed by atoms with van der Waals surface area (Å²) in [6.45, 7) is 0.0262. The molecule has 1 heterocycles. The number of alkyl halides is 2. The fourth-order valence-corrected chi connectivity index (χ4v) is 4.05. The topological polar surface area (TPSA) is 55.4 Å². The van der Waals surface area contributed by atoms with Crippen molar-refractivity contribution in [1.29, 1.82) is 0 Å². The second-order valence-corrected chi connectivity index (χ2v) is 6.89. The van der Waals surface area contributed by atoms with Gasteiger partial charge in [0.2, 0.25) is 0 Å². The first-order chi connectivity index (χ1) is 13.3. The number of allylic oxidation sites excluding steroid dienone is 3. The van der Waals surface area contributed by atoms with Gasteiger partial charge in [0.1, 0.15) is 30.8 Å². The number of carbonyl (C=O) groups is 2. The highest BCUT2D eigenvalue weighted by Crippen LogP contribution is 2.48.